The van der Waals surface area contributed by atoms with E-state index in [-0.39, 0.29) is 11.3 Å². The quantitative estimate of drug-likeness (QED) is 0.775. The molecule has 0 unspecified atom stereocenters. The Hall–Kier alpha value is -2.76. The van der Waals surface area contributed by atoms with E-state index >= 15 is 0 Å². The van der Waals surface area contributed by atoms with Crippen LogP contribution in [0.3, 0.4) is 0 Å². The van der Waals surface area contributed by atoms with Crippen molar-refractivity contribution < 1.29 is 23.8 Å². The van der Waals surface area contributed by atoms with E-state index in [0.717, 1.165) is 17.7 Å². The van der Waals surface area contributed by atoms with Crippen LogP contribution < -0.4 is 10.1 Å². The third-order valence-corrected chi connectivity index (χ3v) is 3.43. The molecule has 0 saturated heterocycles. The second kappa shape index (κ2) is 8.19. The summed E-state index contributed by atoms with van der Waals surface area (Å²) in [4.78, 5) is 23.2. The molecule has 0 radical (unpaired) electrons. The first-order chi connectivity index (χ1) is 11.5. The molecule has 0 saturated carbocycles. The molecule has 0 aliphatic carbocycles. The maximum Gasteiger partial charge on any atom is 0.339 e. The predicted octanol–water partition coefficient (Wildman–Crippen LogP) is 3.26. The Kier molecular flexibility index (Phi) is 6.01. The van der Waals surface area contributed by atoms with Crippen LogP contribution in [0.4, 0.5) is 0 Å². The Balaban J connectivity index is 1.96. The fourth-order valence-electron chi connectivity index (χ4n) is 2.18. The number of carbonyl (C=O) groups is 2. The zero-order valence-electron chi connectivity index (χ0n) is 13.8. The van der Waals surface area contributed by atoms with Gasteiger partial charge in [-0.3, -0.25) is 4.79 Å². The van der Waals surface area contributed by atoms with Crippen molar-refractivity contribution in [2.75, 3.05) is 6.61 Å². The number of carboxylic acids is 1. The molecule has 0 fully saturated rings. The van der Waals surface area contributed by atoms with Gasteiger partial charge in [-0.15, -0.1) is 0 Å². The molecule has 0 aliphatic rings. The molecule has 2 N–H and O–H groups in total. The first-order valence-corrected chi connectivity index (χ1v) is 7.91. The minimum Gasteiger partial charge on any atom is -0.494 e. The first kappa shape index (κ1) is 17.6. The first-order valence-electron chi connectivity index (χ1n) is 7.91. The molecule has 0 spiro atoms. The lowest BCUT2D eigenvalue weighted by Crippen LogP contribution is -2.22. The molecule has 1 aromatic carbocycles. The van der Waals surface area contributed by atoms with Crippen molar-refractivity contribution in [2.45, 2.75) is 33.2 Å². The number of aromatic carboxylic acids is 1. The molecule has 24 heavy (non-hydrogen) atoms. The second-order valence-corrected chi connectivity index (χ2v) is 5.28. The molecule has 0 aliphatic heterocycles. The van der Waals surface area contributed by atoms with E-state index in [4.69, 9.17) is 14.3 Å². The van der Waals surface area contributed by atoms with Crippen molar-refractivity contribution in [3.8, 4) is 5.75 Å². The third kappa shape index (κ3) is 4.38. The summed E-state index contributed by atoms with van der Waals surface area (Å²) < 4.78 is 10.8. The van der Waals surface area contributed by atoms with E-state index in [1.165, 1.54) is 6.07 Å². The fraction of sp³-hybridized carbons (Fsp3) is 0.333. The normalized spacial score (nSPS) is 10.4. The number of hydrogen-bond acceptors (Lipinski definition) is 4. The average Bonchev–Trinajstić information content (AvgIpc) is 3.03. The lowest BCUT2D eigenvalue weighted by atomic mass is 10.2. The molecule has 1 aromatic heterocycles. The van der Waals surface area contributed by atoms with Crippen molar-refractivity contribution in [3.05, 3.63) is 53.0 Å². The number of carboxylic acid groups (broad SMARTS) is 1. The van der Waals surface area contributed by atoms with Crippen molar-refractivity contribution in [1.29, 1.82) is 0 Å². The summed E-state index contributed by atoms with van der Waals surface area (Å²) in [5, 5.41) is 11.8. The highest BCUT2D eigenvalue weighted by Gasteiger charge is 2.19. The van der Waals surface area contributed by atoms with Crippen LogP contribution in [-0.2, 0) is 13.0 Å². The second-order valence-electron chi connectivity index (χ2n) is 5.28. The highest BCUT2D eigenvalue weighted by molar-refractivity contribution is 5.96. The molecular formula is C18H21NO5. The van der Waals surface area contributed by atoms with Crippen molar-refractivity contribution in [2.24, 2.45) is 0 Å². The number of nitrogens with one attached hydrogen (secondary N) is 1. The van der Waals surface area contributed by atoms with Crippen LogP contribution >= 0.6 is 0 Å². The van der Waals surface area contributed by atoms with Crippen LogP contribution in [0.1, 0.15) is 52.5 Å². The highest BCUT2D eigenvalue weighted by atomic mass is 16.5. The molecule has 1 heterocycles. The molecule has 6 heteroatoms. The van der Waals surface area contributed by atoms with E-state index < -0.39 is 11.9 Å². The zero-order chi connectivity index (χ0) is 17.5. The van der Waals surface area contributed by atoms with Crippen LogP contribution in [0.15, 0.2) is 34.7 Å². The number of ether oxygens (including phenoxy) is 1. The maximum atomic E-state index is 12.1. The lowest BCUT2D eigenvalue weighted by molar-refractivity contribution is 0.0694. The van der Waals surface area contributed by atoms with Gasteiger partial charge in [0.05, 0.1) is 6.61 Å². The SMILES string of the molecule is CCCOc1ccc(CNC(=O)c2cc(C(=O)O)c(CC)o2)cc1. The minimum atomic E-state index is -1.10. The van der Waals surface area contributed by atoms with Crippen LogP contribution in [-0.4, -0.2) is 23.6 Å². The van der Waals surface area contributed by atoms with Gasteiger partial charge in [-0.1, -0.05) is 26.0 Å². The van der Waals surface area contributed by atoms with Crippen LogP contribution in [0.2, 0.25) is 0 Å². The van der Waals surface area contributed by atoms with Crippen LogP contribution in [0.25, 0.3) is 0 Å². The molecular weight excluding hydrogens is 310 g/mol. The topological polar surface area (TPSA) is 88.8 Å². The Bertz CT molecular complexity index is 703. The largest absolute Gasteiger partial charge is 0.494 e. The summed E-state index contributed by atoms with van der Waals surface area (Å²) in [6.07, 6.45) is 1.35. The van der Waals surface area contributed by atoms with Gasteiger partial charge in [0.15, 0.2) is 5.76 Å². The summed E-state index contributed by atoms with van der Waals surface area (Å²) in [5.74, 6) is -0.449. The number of aryl methyl sites for hydroxylation is 1. The monoisotopic (exact) mass is 331 g/mol. The van der Waals surface area contributed by atoms with Gasteiger partial charge < -0.3 is 19.6 Å². The summed E-state index contributed by atoms with van der Waals surface area (Å²) in [6.45, 7) is 4.80. The molecule has 6 nitrogen and oxygen atoms in total. The number of hydrogen-bond donors (Lipinski definition) is 2. The lowest BCUT2D eigenvalue weighted by Gasteiger charge is -2.06. The summed E-state index contributed by atoms with van der Waals surface area (Å²) in [6, 6.07) is 8.70. The van der Waals surface area contributed by atoms with Gasteiger partial charge in [0.25, 0.3) is 5.91 Å². The van der Waals surface area contributed by atoms with Gasteiger partial charge in [-0.25, -0.2) is 4.79 Å². The summed E-state index contributed by atoms with van der Waals surface area (Å²) in [5.41, 5.74) is 0.938. The third-order valence-electron chi connectivity index (χ3n) is 3.43. The van der Waals surface area contributed by atoms with E-state index in [1.807, 2.05) is 31.2 Å². The van der Waals surface area contributed by atoms with Crippen molar-refractivity contribution in [3.63, 3.8) is 0 Å². The Morgan fingerprint density at radius 3 is 2.46 bits per heavy atom. The van der Waals surface area contributed by atoms with E-state index in [1.54, 1.807) is 6.92 Å². The molecule has 128 valence electrons. The molecule has 0 atom stereocenters. The summed E-state index contributed by atoms with van der Waals surface area (Å²) >= 11 is 0. The highest BCUT2D eigenvalue weighted by Crippen LogP contribution is 2.17. The number of benzene rings is 1. The van der Waals surface area contributed by atoms with Gasteiger partial charge in [0.2, 0.25) is 0 Å². The van der Waals surface area contributed by atoms with E-state index in [9.17, 15) is 9.59 Å². The number of furan rings is 1. The fourth-order valence-corrected chi connectivity index (χ4v) is 2.18. The number of amides is 1. The zero-order valence-corrected chi connectivity index (χ0v) is 13.8. The number of rotatable bonds is 8. The van der Waals surface area contributed by atoms with Gasteiger partial charge in [-0.2, -0.15) is 0 Å². The molecule has 1 amide bonds. The summed E-state index contributed by atoms with van der Waals surface area (Å²) in [7, 11) is 0. The van der Waals surface area contributed by atoms with Gasteiger partial charge >= 0.3 is 5.97 Å². The molecule has 2 rings (SSSR count). The van der Waals surface area contributed by atoms with Crippen molar-refractivity contribution >= 4 is 11.9 Å². The predicted molar refractivity (Wildman–Crippen MR) is 88.4 cm³/mol. The average molecular weight is 331 g/mol. The maximum absolute atomic E-state index is 12.1. The standard InChI is InChI=1S/C18H21NO5/c1-3-9-23-13-7-5-12(6-8-13)11-19-17(20)16-10-14(18(21)22)15(4-2)24-16/h5-8,10H,3-4,9,11H2,1-2H3,(H,19,20)(H,21,22). The van der Waals surface area contributed by atoms with Crippen LogP contribution in [0, 0.1) is 0 Å². The minimum absolute atomic E-state index is 0.00662. The van der Waals surface area contributed by atoms with E-state index in [0.29, 0.717) is 25.3 Å². The Labute approximate surface area is 140 Å². The van der Waals surface area contributed by atoms with Gasteiger partial charge in [0.1, 0.15) is 17.1 Å². The van der Waals surface area contributed by atoms with Gasteiger partial charge in [0, 0.05) is 19.0 Å². The smallest absolute Gasteiger partial charge is 0.339 e. The molecule has 0 bridgehead atoms. The molecule has 2 aromatic rings. The van der Waals surface area contributed by atoms with E-state index in [2.05, 4.69) is 5.32 Å². The Morgan fingerprint density at radius 2 is 1.92 bits per heavy atom. The Morgan fingerprint density at radius 1 is 1.21 bits per heavy atom. The van der Waals surface area contributed by atoms with Crippen LogP contribution in [0.5, 0.6) is 5.75 Å². The van der Waals surface area contributed by atoms with Crippen molar-refractivity contribution in [1.82, 2.24) is 5.32 Å². The van der Waals surface area contributed by atoms with Gasteiger partial charge in [-0.05, 0) is 24.1 Å². The number of carbonyl (C=O) groups excluding carboxylic acids is 1.